The second-order valence-electron chi connectivity index (χ2n) is 7.97. The summed E-state index contributed by atoms with van der Waals surface area (Å²) in [6.07, 6.45) is 2.44. The van der Waals surface area contributed by atoms with Gasteiger partial charge in [0, 0.05) is 23.8 Å². The quantitative estimate of drug-likeness (QED) is 0.569. The molecule has 1 heterocycles. The molecule has 1 amide bonds. The molecular formula is C25H29N3O. The van der Waals surface area contributed by atoms with Gasteiger partial charge in [-0.05, 0) is 67.3 Å². The summed E-state index contributed by atoms with van der Waals surface area (Å²) in [5.41, 5.74) is 3.83. The molecule has 0 bridgehead atoms. The monoisotopic (exact) mass is 387 g/mol. The zero-order valence-corrected chi connectivity index (χ0v) is 17.2. The normalized spacial score (nSPS) is 17.2. The molecule has 0 saturated carbocycles. The summed E-state index contributed by atoms with van der Waals surface area (Å²) in [5, 5.41) is 12.5. The van der Waals surface area contributed by atoms with Crippen LogP contribution in [0.4, 0.5) is 5.69 Å². The molecule has 4 heteroatoms. The molecule has 2 atom stereocenters. The van der Waals surface area contributed by atoms with Gasteiger partial charge in [0.05, 0.1) is 6.04 Å². The van der Waals surface area contributed by atoms with Crippen LogP contribution in [0, 0.1) is 6.92 Å². The second-order valence-corrected chi connectivity index (χ2v) is 7.97. The molecule has 1 saturated heterocycles. The third-order valence-corrected chi connectivity index (χ3v) is 5.83. The van der Waals surface area contributed by atoms with E-state index in [1.807, 2.05) is 44.2 Å². The molecular weight excluding hydrogens is 358 g/mol. The number of hydrogen-bond donors (Lipinski definition) is 3. The molecule has 0 aliphatic carbocycles. The Morgan fingerprint density at radius 1 is 1.14 bits per heavy atom. The Hall–Kier alpha value is -2.85. The largest absolute Gasteiger partial charge is 0.383 e. The van der Waals surface area contributed by atoms with E-state index in [2.05, 4.69) is 46.3 Å². The smallest absolute Gasteiger partial charge is 0.252 e. The van der Waals surface area contributed by atoms with Gasteiger partial charge in [0.1, 0.15) is 0 Å². The van der Waals surface area contributed by atoms with Crippen LogP contribution in [0.25, 0.3) is 10.8 Å². The number of carbonyl (C=O) groups excluding carboxylic acids is 1. The Labute approximate surface area is 172 Å². The number of fused-ring (bicyclic) bond motifs is 1. The Morgan fingerprint density at radius 3 is 2.79 bits per heavy atom. The molecule has 4 nitrogen and oxygen atoms in total. The second kappa shape index (κ2) is 8.66. The Bertz CT molecular complexity index is 1000. The average molecular weight is 388 g/mol. The lowest BCUT2D eigenvalue weighted by molar-refractivity contribution is 0.0939. The fourth-order valence-electron chi connectivity index (χ4n) is 4.13. The van der Waals surface area contributed by atoms with Crippen molar-refractivity contribution < 1.29 is 4.79 Å². The molecule has 0 radical (unpaired) electrons. The van der Waals surface area contributed by atoms with Gasteiger partial charge < -0.3 is 16.0 Å². The average Bonchev–Trinajstić information content (AvgIpc) is 3.26. The first-order valence-corrected chi connectivity index (χ1v) is 10.5. The zero-order chi connectivity index (χ0) is 20.2. The minimum absolute atomic E-state index is 0.0365. The van der Waals surface area contributed by atoms with Crippen molar-refractivity contribution in [3.05, 3.63) is 77.4 Å². The maximum Gasteiger partial charge on any atom is 0.252 e. The summed E-state index contributed by atoms with van der Waals surface area (Å²) in [4.78, 5) is 13.0. The van der Waals surface area contributed by atoms with Crippen molar-refractivity contribution in [2.75, 3.05) is 18.4 Å². The fraction of sp³-hybridized carbons (Fsp3) is 0.320. The maximum absolute atomic E-state index is 13.0. The number of nitrogens with one attached hydrogen (secondary N) is 3. The van der Waals surface area contributed by atoms with E-state index in [-0.39, 0.29) is 11.9 Å². The van der Waals surface area contributed by atoms with E-state index in [0.29, 0.717) is 6.04 Å². The fourth-order valence-corrected chi connectivity index (χ4v) is 4.13. The summed E-state index contributed by atoms with van der Waals surface area (Å²) in [5.74, 6) is -0.0365. The Morgan fingerprint density at radius 2 is 1.97 bits per heavy atom. The molecule has 150 valence electrons. The summed E-state index contributed by atoms with van der Waals surface area (Å²) in [6, 6.07) is 21.0. The maximum atomic E-state index is 13.0. The molecule has 4 rings (SSSR count). The summed E-state index contributed by atoms with van der Waals surface area (Å²) < 4.78 is 0. The highest BCUT2D eigenvalue weighted by atomic mass is 16.1. The molecule has 29 heavy (non-hydrogen) atoms. The van der Waals surface area contributed by atoms with E-state index in [4.69, 9.17) is 0 Å². The van der Waals surface area contributed by atoms with Gasteiger partial charge in [0.25, 0.3) is 5.91 Å². The van der Waals surface area contributed by atoms with Gasteiger partial charge >= 0.3 is 0 Å². The Balaban J connectivity index is 1.49. The third-order valence-electron chi connectivity index (χ3n) is 5.83. The van der Waals surface area contributed by atoms with Crippen LogP contribution in [0.3, 0.4) is 0 Å². The van der Waals surface area contributed by atoms with E-state index in [1.54, 1.807) is 0 Å². The number of benzene rings is 3. The number of rotatable bonds is 6. The van der Waals surface area contributed by atoms with Crippen molar-refractivity contribution >= 4 is 22.4 Å². The summed E-state index contributed by atoms with van der Waals surface area (Å²) >= 11 is 0. The number of anilines is 1. The van der Waals surface area contributed by atoms with Gasteiger partial charge in [-0.1, -0.05) is 48.5 Å². The molecule has 1 fully saturated rings. The van der Waals surface area contributed by atoms with Gasteiger partial charge in [0.2, 0.25) is 0 Å². The van der Waals surface area contributed by atoms with Crippen molar-refractivity contribution in [3.8, 4) is 0 Å². The lowest BCUT2D eigenvalue weighted by Gasteiger charge is -2.18. The number of aryl methyl sites for hydroxylation is 1. The van der Waals surface area contributed by atoms with Crippen molar-refractivity contribution in [1.82, 2.24) is 10.6 Å². The van der Waals surface area contributed by atoms with E-state index >= 15 is 0 Å². The first kappa shape index (κ1) is 19.5. The molecule has 0 unspecified atom stereocenters. The molecule has 1 aliphatic rings. The molecule has 3 aromatic carbocycles. The van der Waals surface area contributed by atoms with Crippen molar-refractivity contribution in [2.24, 2.45) is 0 Å². The van der Waals surface area contributed by atoms with Crippen molar-refractivity contribution in [3.63, 3.8) is 0 Å². The predicted octanol–water partition coefficient (Wildman–Crippen LogP) is 4.80. The first-order valence-electron chi connectivity index (χ1n) is 10.5. The van der Waals surface area contributed by atoms with Gasteiger partial charge in [-0.15, -0.1) is 0 Å². The van der Waals surface area contributed by atoms with Crippen LogP contribution >= 0.6 is 0 Å². The minimum Gasteiger partial charge on any atom is -0.383 e. The number of hydrogen-bond acceptors (Lipinski definition) is 3. The highest BCUT2D eigenvalue weighted by Crippen LogP contribution is 2.25. The number of amides is 1. The number of carbonyl (C=O) groups is 1. The topological polar surface area (TPSA) is 53.2 Å². The highest BCUT2D eigenvalue weighted by molar-refractivity contribution is 5.97. The SMILES string of the molecule is Cc1ccc(NC[C@H]2CCCN2)cc1C(=O)N[C@H](C)c1cccc2ccccc12. The molecule has 0 spiro atoms. The van der Waals surface area contributed by atoms with Crippen molar-refractivity contribution in [2.45, 2.75) is 38.8 Å². The third kappa shape index (κ3) is 4.43. The Kier molecular flexibility index (Phi) is 5.81. The van der Waals surface area contributed by atoms with E-state index < -0.39 is 0 Å². The van der Waals surface area contributed by atoms with Crippen LogP contribution in [0.1, 0.15) is 47.3 Å². The summed E-state index contributed by atoms with van der Waals surface area (Å²) in [6.45, 7) is 6.01. The van der Waals surface area contributed by atoms with Crippen LogP contribution in [-0.4, -0.2) is 25.0 Å². The van der Waals surface area contributed by atoms with Crippen molar-refractivity contribution in [1.29, 1.82) is 0 Å². The van der Waals surface area contributed by atoms with E-state index in [9.17, 15) is 4.79 Å². The van der Waals surface area contributed by atoms with E-state index in [1.165, 1.54) is 23.6 Å². The first-order chi connectivity index (χ1) is 14.1. The van der Waals surface area contributed by atoms with Crippen LogP contribution < -0.4 is 16.0 Å². The lowest BCUT2D eigenvalue weighted by Crippen LogP contribution is -2.29. The van der Waals surface area contributed by atoms with Gasteiger partial charge in [0.15, 0.2) is 0 Å². The van der Waals surface area contributed by atoms with Gasteiger partial charge in [-0.25, -0.2) is 0 Å². The molecule has 3 N–H and O–H groups in total. The zero-order valence-electron chi connectivity index (χ0n) is 17.2. The van der Waals surface area contributed by atoms with E-state index in [0.717, 1.165) is 35.5 Å². The highest BCUT2D eigenvalue weighted by Gasteiger charge is 2.17. The van der Waals surface area contributed by atoms with Crippen LogP contribution in [0.5, 0.6) is 0 Å². The van der Waals surface area contributed by atoms with Crippen LogP contribution in [-0.2, 0) is 0 Å². The standard InChI is InChI=1S/C25H29N3O/c1-17-12-13-20(27-16-21-9-6-14-26-21)15-24(17)25(29)28-18(2)22-11-5-8-19-7-3-4-10-23(19)22/h3-5,7-8,10-13,15,18,21,26-27H,6,9,14,16H2,1-2H3,(H,28,29)/t18-,21-/m1/s1. The summed E-state index contributed by atoms with van der Waals surface area (Å²) in [7, 11) is 0. The van der Waals surface area contributed by atoms with Crippen LogP contribution in [0.2, 0.25) is 0 Å². The predicted molar refractivity (Wildman–Crippen MR) is 121 cm³/mol. The molecule has 1 aliphatic heterocycles. The van der Waals surface area contributed by atoms with Gasteiger partial charge in [-0.2, -0.15) is 0 Å². The lowest BCUT2D eigenvalue weighted by atomic mass is 9.99. The van der Waals surface area contributed by atoms with Gasteiger partial charge in [-0.3, -0.25) is 4.79 Å². The molecule has 0 aromatic heterocycles. The molecule has 3 aromatic rings. The van der Waals surface area contributed by atoms with Crippen LogP contribution in [0.15, 0.2) is 60.7 Å². The minimum atomic E-state index is -0.0766.